The Morgan fingerprint density at radius 1 is 1.12 bits per heavy atom. The van der Waals surface area contributed by atoms with E-state index in [1.165, 1.54) is 49.4 Å². The fourth-order valence-electron chi connectivity index (χ4n) is 5.22. The molecule has 4 atom stereocenters. The molecule has 1 aromatic carbocycles. The maximum absolute atomic E-state index is 13.1. The van der Waals surface area contributed by atoms with Gasteiger partial charge >= 0.3 is 0 Å². The number of thioether (sulfide) groups is 1. The number of carbonyl (C=O) groups is 1. The molecular weight excluding hydrogens is 344 g/mol. The fraction of sp³-hybridized carbons (Fsp3) is 0.619. The zero-order valence-electron chi connectivity index (χ0n) is 15.1. The third-order valence-corrected chi connectivity index (χ3v) is 7.28. The summed E-state index contributed by atoms with van der Waals surface area (Å²) in [5, 5.41) is 0.739. The quantitative estimate of drug-likeness (QED) is 0.770. The number of amides is 1. The first-order valence-electron chi connectivity index (χ1n) is 10.1. The van der Waals surface area contributed by atoms with Gasteiger partial charge in [0.1, 0.15) is 6.10 Å². The smallest absolute Gasteiger partial charge is 0.247 e. The highest BCUT2D eigenvalue weighted by molar-refractivity contribution is 8.14. The van der Waals surface area contributed by atoms with Crippen LogP contribution in [0, 0.1) is 0 Å². The molecule has 2 saturated carbocycles. The van der Waals surface area contributed by atoms with E-state index in [-0.39, 0.29) is 12.0 Å². The summed E-state index contributed by atoms with van der Waals surface area (Å²) in [6, 6.07) is 9.18. The summed E-state index contributed by atoms with van der Waals surface area (Å²) in [4.78, 5) is 19.9. The number of fused-ring (bicyclic) bond motifs is 4. The Morgan fingerprint density at radius 2 is 1.92 bits per heavy atom. The average Bonchev–Trinajstić information content (AvgIpc) is 3.25. The van der Waals surface area contributed by atoms with E-state index in [4.69, 9.17) is 9.73 Å². The monoisotopic (exact) mass is 370 g/mol. The molecule has 0 N–H and O–H groups in total. The van der Waals surface area contributed by atoms with Crippen LogP contribution in [0.4, 0.5) is 5.69 Å². The maximum atomic E-state index is 13.1. The van der Waals surface area contributed by atoms with E-state index in [1.54, 1.807) is 0 Å². The molecule has 4 nitrogen and oxygen atoms in total. The summed E-state index contributed by atoms with van der Waals surface area (Å²) in [5.74, 6) is 1.16. The lowest BCUT2D eigenvalue weighted by Gasteiger charge is -2.32. The molecule has 0 saturated heterocycles. The molecule has 26 heavy (non-hydrogen) atoms. The van der Waals surface area contributed by atoms with Crippen LogP contribution < -0.4 is 4.90 Å². The van der Waals surface area contributed by atoms with Crippen molar-refractivity contribution in [1.29, 1.82) is 0 Å². The number of carbonyl (C=O) groups excluding carboxylic acids is 1. The van der Waals surface area contributed by atoms with Crippen LogP contribution in [0.5, 0.6) is 0 Å². The van der Waals surface area contributed by atoms with Gasteiger partial charge in [0, 0.05) is 17.6 Å². The van der Waals surface area contributed by atoms with Crippen LogP contribution in [0.2, 0.25) is 0 Å². The van der Waals surface area contributed by atoms with Crippen LogP contribution >= 0.6 is 11.8 Å². The third kappa shape index (κ3) is 2.84. The molecular formula is C21H26N2O2S. The summed E-state index contributed by atoms with van der Waals surface area (Å²) < 4.78 is 6.00. The van der Waals surface area contributed by atoms with Gasteiger partial charge in [-0.05, 0) is 43.7 Å². The average molecular weight is 371 g/mol. The van der Waals surface area contributed by atoms with Crippen LogP contribution in [0.15, 0.2) is 29.3 Å². The molecule has 0 aromatic heterocycles. The Hall–Kier alpha value is -1.49. The lowest BCUT2D eigenvalue weighted by atomic mass is 9.82. The van der Waals surface area contributed by atoms with Crippen molar-refractivity contribution in [2.75, 3.05) is 10.7 Å². The molecule has 2 heterocycles. The Labute approximate surface area is 159 Å². The summed E-state index contributed by atoms with van der Waals surface area (Å²) in [6.07, 6.45) is 9.82. The van der Waals surface area contributed by atoms with Gasteiger partial charge in [-0.2, -0.15) is 0 Å². The first-order valence-corrected chi connectivity index (χ1v) is 11.1. The molecule has 5 heteroatoms. The summed E-state index contributed by atoms with van der Waals surface area (Å²) in [7, 11) is 0. The van der Waals surface area contributed by atoms with E-state index in [1.807, 2.05) is 0 Å². The van der Waals surface area contributed by atoms with Gasteiger partial charge in [0.25, 0.3) is 0 Å². The Kier molecular flexibility index (Phi) is 4.43. The molecule has 5 rings (SSSR count). The second-order valence-corrected chi connectivity index (χ2v) is 8.90. The number of hydrogen-bond donors (Lipinski definition) is 0. The Morgan fingerprint density at radius 3 is 2.85 bits per heavy atom. The van der Waals surface area contributed by atoms with Crippen molar-refractivity contribution in [2.24, 2.45) is 4.99 Å². The number of nitrogens with zero attached hydrogens (tertiary/aromatic N) is 2. The summed E-state index contributed by atoms with van der Waals surface area (Å²) in [6.45, 7) is 0. The molecule has 0 unspecified atom stereocenters. The van der Waals surface area contributed by atoms with Crippen molar-refractivity contribution in [3.63, 3.8) is 0 Å². The van der Waals surface area contributed by atoms with Crippen LogP contribution in [-0.2, 0) is 9.53 Å². The fourth-order valence-corrected chi connectivity index (χ4v) is 6.01. The van der Waals surface area contributed by atoms with Gasteiger partial charge < -0.3 is 9.64 Å². The van der Waals surface area contributed by atoms with Crippen molar-refractivity contribution in [3.05, 3.63) is 29.8 Å². The van der Waals surface area contributed by atoms with E-state index >= 15 is 0 Å². The van der Waals surface area contributed by atoms with E-state index < -0.39 is 0 Å². The van der Waals surface area contributed by atoms with Crippen molar-refractivity contribution in [2.45, 2.75) is 75.5 Å². The van der Waals surface area contributed by atoms with Gasteiger partial charge in [0.2, 0.25) is 11.1 Å². The second kappa shape index (κ2) is 6.91. The first-order chi connectivity index (χ1) is 12.8. The Balaban J connectivity index is 1.29. The molecule has 0 radical (unpaired) electrons. The lowest BCUT2D eigenvalue weighted by Crippen LogP contribution is -2.41. The number of benzene rings is 1. The number of para-hydroxylation sites is 1. The third-order valence-electron chi connectivity index (χ3n) is 6.44. The number of anilines is 1. The second-order valence-electron chi connectivity index (χ2n) is 7.97. The van der Waals surface area contributed by atoms with Crippen LogP contribution in [0.25, 0.3) is 0 Å². The largest absolute Gasteiger partial charge is 0.467 e. The minimum atomic E-state index is 0.207. The van der Waals surface area contributed by atoms with Gasteiger partial charge in [-0.25, -0.2) is 4.99 Å². The number of ether oxygens (including phenoxy) is 1. The molecule has 2 fully saturated rings. The zero-order chi connectivity index (χ0) is 17.5. The number of hydrogen-bond acceptors (Lipinski definition) is 4. The molecule has 2 aliphatic carbocycles. The molecule has 0 spiro atoms. The van der Waals surface area contributed by atoms with Gasteiger partial charge in [-0.15, -0.1) is 0 Å². The highest BCUT2D eigenvalue weighted by Crippen LogP contribution is 2.47. The first kappa shape index (κ1) is 16.7. The van der Waals surface area contributed by atoms with Crippen molar-refractivity contribution < 1.29 is 9.53 Å². The standard InChI is InChI=1S/C21H26N2O2S/c24-20(13-26-21-22-16-9-3-6-12-19(16)25-21)23-17-10-4-1-7-14(17)15-8-2-5-11-18(15)23/h1,4,7,10,15-16,18-19H,2-3,5-6,8-9,11-13H2/t15-,16-,18-,19+/m1/s1. The van der Waals surface area contributed by atoms with Crippen molar-refractivity contribution in [1.82, 2.24) is 0 Å². The van der Waals surface area contributed by atoms with Gasteiger partial charge in [0.05, 0.1) is 11.8 Å². The van der Waals surface area contributed by atoms with E-state index in [9.17, 15) is 4.79 Å². The zero-order valence-corrected chi connectivity index (χ0v) is 15.9. The highest BCUT2D eigenvalue weighted by Gasteiger charge is 2.42. The molecule has 138 valence electrons. The van der Waals surface area contributed by atoms with E-state index in [2.05, 4.69) is 29.2 Å². The van der Waals surface area contributed by atoms with Crippen LogP contribution in [0.1, 0.15) is 62.8 Å². The van der Waals surface area contributed by atoms with E-state index in [0.29, 0.717) is 23.8 Å². The predicted molar refractivity (Wildman–Crippen MR) is 106 cm³/mol. The minimum absolute atomic E-state index is 0.207. The summed E-state index contributed by atoms with van der Waals surface area (Å²) in [5.41, 5.74) is 2.51. The van der Waals surface area contributed by atoms with Crippen molar-refractivity contribution >= 4 is 28.6 Å². The lowest BCUT2D eigenvalue weighted by molar-refractivity contribution is -0.116. The van der Waals surface area contributed by atoms with Crippen LogP contribution in [0.3, 0.4) is 0 Å². The molecule has 4 aliphatic rings. The normalized spacial score (nSPS) is 32.3. The molecule has 0 bridgehead atoms. The maximum Gasteiger partial charge on any atom is 0.247 e. The molecule has 1 aromatic rings. The highest BCUT2D eigenvalue weighted by atomic mass is 32.2. The van der Waals surface area contributed by atoms with Crippen molar-refractivity contribution in [3.8, 4) is 0 Å². The van der Waals surface area contributed by atoms with Gasteiger partial charge in [0.15, 0.2) is 0 Å². The molecule has 1 amide bonds. The number of rotatable bonds is 2. The number of aliphatic imine (C=N–C) groups is 1. The molecule has 2 aliphatic heterocycles. The SMILES string of the molecule is O=C(CSC1=N[C@@H]2CCCC[C@@H]2O1)N1c2ccccc2[C@H]2CCCC[C@H]21. The Bertz CT molecular complexity index is 734. The minimum Gasteiger partial charge on any atom is -0.467 e. The van der Waals surface area contributed by atoms with Gasteiger partial charge in [-0.1, -0.05) is 49.2 Å². The summed E-state index contributed by atoms with van der Waals surface area (Å²) >= 11 is 1.50. The predicted octanol–water partition coefficient (Wildman–Crippen LogP) is 4.49. The van der Waals surface area contributed by atoms with Gasteiger partial charge in [-0.3, -0.25) is 4.79 Å². The topological polar surface area (TPSA) is 41.9 Å². The van der Waals surface area contributed by atoms with Crippen LogP contribution in [-0.4, -0.2) is 35.1 Å². The van der Waals surface area contributed by atoms with E-state index in [0.717, 1.165) is 30.2 Å².